The number of hydrogen-bond acceptors (Lipinski definition) is 5. The molecule has 32 heavy (non-hydrogen) atoms. The van der Waals surface area contributed by atoms with E-state index in [9.17, 15) is 14.4 Å². The van der Waals surface area contributed by atoms with Crippen LogP contribution in [-0.4, -0.2) is 43.7 Å². The van der Waals surface area contributed by atoms with Crippen molar-refractivity contribution in [3.8, 4) is 5.75 Å². The predicted molar refractivity (Wildman–Crippen MR) is 122 cm³/mol. The second kappa shape index (κ2) is 11.2. The molecule has 1 saturated heterocycles. The van der Waals surface area contributed by atoms with Gasteiger partial charge in [0.15, 0.2) is 0 Å². The maximum atomic E-state index is 12.4. The van der Waals surface area contributed by atoms with E-state index in [-0.39, 0.29) is 24.3 Å². The van der Waals surface area contributed by atoms with Crippen LogP contribution in [0.15, 0.2) is 48.5 Å². The van der Waals surface area contributed by atoms with Gasteiger partial charge in [-0.3, -0.25) is 4.79 Å². The molecule has 1 aliphatic heterocycles. The molecule has 8 nitrogen and oxygen atoms in total. The van der Waals surface area contributed by atoms with E-state index < -0.39 is 6.03 Å². The molecule has 3 rings (SSSR count). The van der Waals surface area contributed by atoms with E-state index in [1.165, 1.54) is 0 Å². The van der Waals surface area contributed by atoms with Gasteiger partial charge in [-0.2, -0.15) is 0 Å². The fourth-order valence-corrected chi connectivity index (χ4v) is 3.38. The Morgan fingerprint density at radius 1 is 1.06 bits per heavy atom. The van der Waals surface area contributed by atoms with E-state index in [0.717, 1.165) is 24.3 Å². The minimum absolute atomic E-state index is 0.0506. The number of unbranched alkanes of at least 4 members (excludes halogenated alkanes) is 1. The number of ether oxygens (including phenoxy) is 2. The van der Waals surface area contributed by atoms with Gasteiger partial charge in [-0.1, -0.05) is 13.3 Å². The normalized spacial score (nSPS) is 15.4. The lowest BCUT2D eigenvalue weighted by Gasteiger charge is -2.18. The van der Waals surface area contributed by atoms with Crippen molar-refractivity contribution in [2.75, 3.05) is 30.0 Å². The third-order valence-corrected chi connectivity index (χ3v) is 5.03. The molecule has 1 heterocycles. The molecule has 0 saturated carbocycles. The van der Waals surface area contributed by atoms with Crippen LogP contribution < -0.4 is 20.3 Å². The maximum absolute atomic E-state index is 12.4. The Hall–Kier alpha value is -3.55. The molecule has 1 atom stereocenters. The topological polar surface area (TPSA) is 97.0 Å². The van der Waals surface area contributed by atoms with E-state index >= 15 is 0 Å². The van der Waals surface area contributed by atoms with Gasteiger partial charge in [-0.05, 0) is 61.9 Å². The van der Waals surface area contributed by atoms with Crippen molar-refractivity contribution in [2.45, 2.75) is 39.2 Å². The minimum Gasteiger partial charge on any atom is -0.494 e. The molecule has 1 unspecified atom stereocenters. The smallest absolute Gasteiger partial charge is 0.338 e. The lowest BCUT2D eigenvalue weighted by Crippen LogP contribution is -2.39. The fourth-order valence-electron chi connectivity index (χ4n) is 3.38. The summed E-state index contributed by atoms with van der Waals surface area (Å²) in [5.74, 6) is 0.316. The Kier molecular flexibility index (Phi) is 8.08. The number of urea groups is 1. The summed E-state index contributed by atoms with van der Waals surface area (Å²) in [6, 6.07) is 13.1. The van der Waals surface area contributed by atoms with Gasteiger partial charge in [-0.25, -0.2) is 9.59 Å². The largest absolute Gasteiger partial charge is 0.494 e. The molecule has 8 heteroatoms. The molecule has 2 N–H and O–H groups in total. The summed E-state index contributed by atoms with van der Waals surface area (Å²) in [5.41, 5.74) is 1.74. The van der Waals surface area contributed by atoms with Crippen LogP contribution in [0.3, 0.4) is 0 Å². The lowest BCUT2D eigenvalue weighted by molar-refractivity contribution is -0.117. The van der Waals surface area contributed by atoms with Gasteiger partial charge in [-0.15, -0.1) is 0 Å². The molecule has 2 aromatic carbocycles. The number of rotatable bonds is 9. The molecule has 1 fully saturated rings. The summed E-state index contributed by atoms with van der Waals surface area (Å²) in [4.78, 5) is 38.4. The first kappa shape index (κ1) is 23.1. The number of nitrogens with one attached hydrogen (secondary N) is 2. The van der Waals surface area contributed by atoms with Crippen LogP contribution in [0, 0.1) is 0 Å². The lowest BCUT2D eigenvalue weighted by atomic mass is 10.2. The van der Waals surface area contributed by atoms with E-state index in [1.54, 1.807) is 29.2 Å². The number of anilines is 2. The predicted octanol–water partition coefficient (Wildman–Crippen LogP) is 3.97. The standard InChI is InChI=1S/C24H29N3O5/c1-3-5-14-32-23(29)17-6-8-18(9-7-17)25-24(30)26-19-15-22(28)27(16-19)20-10-12-21(13-11-20)31-4-2/h6-13,19H,3-5,14-16H2,1-2H3,(H2,25,26,30). The van der Waals surface area contributed by atoms with E-state index in [4.69, 9.17) is 9.47 Å². The zero-order valence-electron chi connectivity index (χ0n) is 18.4. The molecular formula is C24H29N3O5. The summed E-state index contributed by atoms with van der Waals surface area (Å²) >= 11 is 0. The van der Waals surface area contributed by atoms with Crippen molar-refractivity contribution >= 4 is 29.3 Å². The first-order chi connectivity index (χ1) is 15.5. The molecule has 0 bridgehead atoms. The molecule has 0 aliphatic carbocycles. The van der Waals surface area contributed by atoms with Crippen molar-refractivity contribution in [2.24, 2.45) is 0 Å². The van der Waals surface area contributed by atoms with Gasteiger partial charge in [0.2, 0.25) is 5.91 Å². The number of carbonyl (C=O) groups is 3. The van der Waals surface area contributed by atoms with E-state index in [2.05, 4.69) is 10.6 Å². The SMILES string of the molecule is CCCCOC(=O)c1ccc(NC(=O)NC2CC(=O)N(c3ccc(OCC)cc3)C2)cc1. The van der Waals surface area contributed by atoms with Gasteiger partial charge in [0.25, 0.3) is 0 Å². The fraction of sp³-hybridized carbons (Fsp3) is 0.375. The number of amides is 3. The van der Waals surface area contributed by atoms with Crippen LogP contribution in [0.25, 0.3) is 0 Å². The Labute approximate surface area is 187 Å². The van der Waals surface area contributed by atoms with Gasteiger partial charge < -0.3 is 25.0 Å². The highest BCUT2D eigenvalue weighted by Gasteiger charge is 2.31. The number of carbonyl (C=O) groups excluding carboxylic acids is 3. The summed E-state index contributed by atoms with van der Waals surface area (Å²) in [6.07, 6.45) is 2.00. The number of hydrogen-bond donors (Lipinski definition) is 2. The highest BCUT2D eigenvalue weighted by Crippen LogP contribution is 2.24. The van der Waals surface area contributed by atoms with Crippen LogP contribution in [0.1, 0.15) is 43.5 Å². The van der Waals surface area contributed by atoms with Crippen LogP contribution in [-0.2, 0) is 9.53 Å². The van der Waals surface area contributed by atoms with E-state index in [1.807, 2.05) is 38.1 Å². The maximum Gasteiger partial charge on any atom is 0.338 e. The average Bonchev–Trinajstić information content (AvgIpc) is 3.14. The molecule has 3 amide bonds. The van der Waals surface area contributed by atoms with Gasteiger partial charge in [0.1, 0.15) is 5.75 Å². The van der Waals surface area contributed by atoms with Crippen LogP contribution in [0.5, 0.6) is 5.75 Å². The molecule has 0 radical (unpaired) electrons. The highest BCUT2D eigenvalue weighted by molar-refractivity contribution is 5.98. The second-order valence-corrected chi connectivity index (χ2v) is 7.50. The summed E-state index contributed by atoms with van der Waals surface area (Å²) in [5, 5.41) is 5.56. The second-order valence-electron chi connectivity index (χ2n) is 7.50. The zero-order chi connectivity index (χ0) is 22.9. The summed E-state index contributed by atoms with van der Waals surface area (Å²) < 4.78 is 10.6. The summed E-state index contributed by atoms with van der Waals surface area (Å²) in [6.45, 7) is 5.30. The number of esters is 1. The minimum atomic E-state index is -0.408. The third kappa shape index (κ3) is 6.23. The third-order valence-electron chi connectivity index (χ3n) is 5.03. The molecular weight excluding hydrogens is 410 g/mol. The molecule has 0 spiro atoms. The van der Waals surface area contributed by atoms with Crippen molar-refractivity contribution < 1.29 is 23.9 Å². The molecule has 1 aliphatic rings. The van der Waals surface area contributed by atoms with Crippen molar-refractivity contribution in [1.29, 1.82) is 0 Å². The Balaban J connectivity index is 1.49. The molecule has 2 aromatic rings. The van der Waals surface area contributed by atoms with Crippen molar-refractivity contribution in [3.63, 3.8) is 0 Å². The first-order valence-corrected chi connectivity index (χ1v) is 10.9. The monoisotopic (exact) mass is 439 g/mol. The van der Waals surface area contributed by atoms with Gasteiger partial charge in [0, 0.05) is 24.3 Å². The summed E-state index contributed by atoms with van der Waals surface area (Å²) in [7, 11) is 0. The first-order valence-electron chi connectivity index (χ1n) is 10.9. The van der Waals surface area contributed by atoms with Crippen LogP contribution in [0.2, 0.25) is 0 Å². The van der Waals surface area contributed by atoms with Gasteiger partial charge in [0.05, 0.1) is 24.8 Å². The molecule has 0 aromatic heterocycles. The van der Waals surface area contributed by atoms with Crippen molar-refractivity contribution in [3.05, 3.63) is 54.1 Å². The Morgan fingerprint density at radius 3 is 2.44 bits per heavy atom. The zero-order valence-corrected chi connectivity index (χ0v) is 18.4. The number of nitrogens with zero attached hydrogens (tertiary/aromatic N) is 1. The van der Waals surface area contributed by atoms with Gasteiger partial charge >= 0.3 is 12.0 Å². The quantitative estimate of drug-likeness (QED) is 0.455. The van der Waals surface area contributed by atoms with Crippen molar-refractivity contribution in [1.82, 2.24) is 5.32 Å². The average molecular weight is 440 g/mol. The Bertz CT molecular complexity index is 928. The van der Waals surface area contributed by atoms with E-state index in [0.29, 0.717) is 31.0 Å². The molecule has 170 valence electrons. The number of benzene rings is 2. The van der Waals surface area contributed by atoms with Crippen LogP contribution in [0.4, 0.5) is 16.2 Å². The highest BCUT2D eigenvalue weighted by atomic mass is 16.5. The van der Waals surface area contributed by atoms with Crippen LogP contribution >= 0.6 is 0 Å². The Morgan fingerprint density at radius 2 is 1.78 bits per heavy atom.